The Hall–Kier alpha value is -0.590. The zero-order valence-electron chi connectivity index (χ0n) is 10.5. The van der Waals surface area contributed by atoms with Gasteiger partial charge in [0.1, 0.15) is 5.78 Å². The second-order valence-electron chi connectivity index (χ2n) is 4.92. The summed E-state index contributed by atoms with van der Waals surface area (Å²) in [6.07, 6.45) is 18.7. The summed E-state index contributed by atoms with van der Waals surface area (Å²) in [5.74, 6) is 0.494. The highest BCUT2D eigenvalue weighted by Crippen LogP contribution is 2.12. The third-order valence-electron chi connectivity index (χ3n) is 3.32. The van der Waals surface area contributed by atoms with E-state index in [9.17, 15) is 4.79 Å². The maximum atomic E-state index is 11.5. The van der Waals surface area contributed by atoms with E-state index in [2.05, 4.69) is 12.2 Å². The molecule has 0 fully saturated rings. The van der Waals surface area contributed by atoms with E-state index in [1.54, 1.807) is 0 Å². The van der Waals surface area contributed by atoms with Crippen LogP contribution >= 0.6 is 0 Å². The molecule has 1 aliphatic carbocycles. The van der Waals surface area contributed by atoms with Gasteiger partial charge in [-0.15, -0.1) is 0 Å². The molecule has 1 rings (SSSR count). The minimum atomic E-state index is 0.494. The maximum absolute atomic E-state index is 11.5. The fourth-order valence-electron chi connectivity index (χ4n) is 2.24. The lowest BCUT2D eigenvalue weighted by Gasteiger charge is -2.01. The largest absolute Gasteiger partial charge is 0.300 e. The summed E-state index contributed by atoms with van der Waals surface area (Å²) in [7, 11) is 0. The van der Waals surface area contributed by atoms with Gasteiger partial charge >= 0.3 is 0 Å². The van der Waals surface area contributed by atoms with Crippen molar-refractivity contribution >= 4 is 5.78 Å². The van der Waals surface area contributed by atoms with E-state index >= 15 is 0 Å². The summed E-state index contributed by atoms with van der Waals surface area (Å²) in [5.41, 5.74) is 0. The lowest BCUT2D eigenvalue weighted by molar-refractivity contribution is -0.119. The first-order valence-electron chi connectivity index (χ1n) is 7.06. The molecule has 0 unspecified atom stereocenters. The molecule has 0 amide bonds. The summed E-state index contributed by atoms with van der Waals surface area (Å²) < 4.78 is 0. The van der Waals surface area contributed by atoms with Gasteiger partial charge in [0.15, 0.2) is 0 Å². The molecule has 0 N–H and O–H groups in total. The van der Waals surface area contributed by atoms with Crippen LogP contribution in [-0.4, -0.2) is 5.78 Å². The monoisotopic (exact) mass is 222 g/mol. The number of rotatable bonds is 0. The van der Waals surface area contributed by atoms with Crippen molar-refractivity contribution in [3.63, 3.8) is 0 Å². The van der Waals surface area contributed by atoms with Crippen LogP contribution in [0.2, 0.25) is 0 Å². The van der Waals surface area contributed by atoms with Gasteiger partial charge in [-0.1, -0.05) is 37.8 Å². The second kappa shape index (κ2) is 9.62. The van der Waals surface area contributed by atoms with Crippen molar-refractivity contribution in [3.8, 4) is 0 Å². The van der Waals surface area contributed by atoms with E-state index in [0.717, 1.165) is 25.7 Å². The highest BCUT2D eigenvalue weighted by atomic mass is 16.1. The number of carbonyl (C=O) groups is 1. The zero-order chi connectivity index (χ0) is 11.5. The predicted octanol–water partition coefficient (Wildman–Crippen LogP) is 4.81. The minimum Gasteiger partial charge on any atom is -0.300 e. The third-order valence-corrected chi connectivity index (χ3v) is 3.32. The molecule has 0 heterocycles. The Kier molecular flexibility index (Phi) is 8.10. The van der Waals surface area contributed by atoms with Crippen molar-refractivity contribution in [3.05, 3.63) is 12.2 Å². The molecule has 0 spiro atoms. The highest BCUT2D eigenvalue weighted by molar-refractivity contribution is 5.78. The Morgan fingerprint density at radius 2 is 1.06 bits per heavy atom. The van der Waals surface area contributed by atoms with Crippen molar-refractivity contribution in [2.45, 2.75) is 77.0 Å². The summed E-state index contributed by atoms with van der Waals surface area (Å²) in [4.78, 5) is 11.5. The third kappa shape index (κ3) is 7.67. The number of hydrogen-bond donors (Lipinski definition) is 0. The summed E-state index contributed by atoms with van der Waals surface area (Å²) in [6, 6.07) is 0. The smallest absolute Gasteiger partial charge is 0.132 e. The molecule has 0 aromatic rings. The second-order valence-corrected chi connectivity index (χ2v) is 4.92. The molecule has 0 bridgehead atoms. The first-order chi connectivity index (χ1) is 7.89. The van der Waals surface area contributed by atoms with Crippen LogP contribution in [0.5, 0.6) is 0 Å². The molecule has 1 aliphatic rings. The normalized spacial score (nSPS) is 22.4. The summed E-state index contributed by atoms with van der Waals surface area (Å²) in [6.45, 7) is 0. The Morgan fingerprint density at radius 1 is 0.625 bits per heavy atom. The van der Waals surface area contributed by atoms with E-state index in [4.69, 9.17) is 0 Å². The van der Waals surface area contributed by atoms with Crippen LogP contribution in [0, 0.1) is 0 Å². The number of carbonyl (C=O) groups excluding carboxylic acids is 1. The molecule has 0 atom stereocenters. The number of ketones is 1. The summed E-state index contributed by atoms with van der Waals surface area (Å²) in [5, 5.41) is 0. The fraction of sp³-hybridized carbons (Fsp3) is 0.800. The van der Waals surface area contributed by atoms with Crippen LogP contribution in [-0.2, 0) is 4.79 Å². The van der Waals surface area contributed by atoms with Gasteiger partial charge < -0.3 is 0 Å². The van der Waals surface area contributed by atoms with Gasteiger partial charge in [-0.2, -0.15) is 0 Å². The van der Waals surface area contributed by atoms with Crippen LogP contribution in [0.25, 0.3) is 0 Å². The lowest BCUT2D eigenvalue weighted by Crippen LogP contribution is -1.97. The van der Waals surface area contributed by atoms with Crippen molar-refractivity contribution in [1.82, 2.24) is 0 Å². The molecule has 0 aromatic heterocycles. The molecule has 92 valence electrons. The predicted molar refractivity (Wildman–Crippen MR) is 69.6 cm³/mol. The fourth-order valence-corrected chi connectivity index (χ4v) is 2.24. The van der Waals surface area contributed by atoms with Gasteiger partial charge in [0.05, 0.1) is 0 Å². The van der Waals surface area contributed by atoms with Crippen LogP contribution in [0.3, 0.4) is 0 Å². The Morgan fingerprint density at radius 3 is 1.56 bits per heavy atom. The minimum absolute atomic E-state index is 0.494. The highest BCUT2D eigenvalue weighted by Gasteiger charge is 2.01. The van der Waals surface area contributed by atoms with Crippen LogP contribution in [0.15, 0.2) is 12.2 Å². The average Bonchev–Trinajstić information content (AvgIpc) is 2.29. The van der Waals surface area contributed by atoms with E-state index in [1.807, 2.05) is 0 Å². The molecule has 1 nitrogen and oxygen atoms in total. The molecule has 1 heteroatoms. The molecular weight excluding hydrogens is 196 g/mol. The first-order valence-corrected chi connectivity index (χ1v) is 7.06. The molecule has 0 radical (unpaired) electrons. The van der Waals surface area contributed by atoms with Crippen LogP contribution in [0.4, 0.5) is 0 Å². The Bertz CT molecular complexity index is 185. The number of Topliss-reactive ketones (excluding diaryl/α,β-unsaturated/α-hetero) is 1. The van der Waals surface area contributed by atoms with Gasteiger partial charge in [-0.05, 0) is 38.5 Å². The van der Waals surface area contributed by atoms with E-state index in [0.29, 0.717) is 5.78 Å². The quantitative estimate of drug-likeness (QED) is 0.538. The molecular formula is C15H26O. The Balaban J connectivity index is 2.19. The van der Waals surface area contributed by atoms with Crippen molar-refractivity contribution in [1.29, 1.82) is 0 Å². The van der Waals surface area contributed by atoms with Gasteiger partial charge in [-0.3, -0.25) is 4.79 Å². The lowest BCUT2D eigenvalue weighted by atomic mass is 10.0. The van der Waals surface area contributed by atoms with Gasteiger partial charge in [0.2, 0.25) is 0 Å². The first kappa shape index (κ1) is 13.5. The van der Waals surface area contributed by atoms with Crippen LogP contribution < -0.4 is 0 Å². The SMILES string of the molecule is O=C1CCCCCCC=CCCCCCC1. The van der Waals surface area contributed by atoms with E-state index in [-0.39, 0.29) is 0 Å². The van der Waals surface area contributed by atoms with Crippen molar-refractivity contribution in [2.75, 3.05) is 0 Å². The van der Waals surface area contributed by atoms with E-state index in [1.165, 1.54) is 51.4 Å². The molecule has 16 heavy (non-hydrogen) atoms. The zero-order valence-corrected chi connectivity index (χ0v) is 10.5. The van der Waals surface area contributed by atoms with Gasteiger partial charge in [0.25, 0.3) is 0 Å². The van der Waals surface area contributed by atoms with Crippen molar-refractivity contribution in [2.24, 2.45) is 0 Å². The number of hydrogen-bond acceptors (Lipinski definition) is 1. The topological polar surface area (TPSA) is 17.1 Å². The Labute approximate surface area is 100 Å². The number of allylic oxidation sites excluding steroid dienone is 2. The van der Waals surface area contributed by atoms with E-state index < -0.39 is 0 Å². The summed E-state index contributed by atoms with van der Waals surface area (Å²) >= 11 is 0. The van der Waals surface area contributed by atoms with Crippen LogP contribution in [0.1, 0.15) is 77.0 Å². The molecule has 0 aliphatic heterocycles. The van der Waals surface area contributed by atoms with Gasteiger partial charge in [0, 0.05) is 12.8 Å². The van der Waals surface area contributed by atoms with Crippen molar-refractivity contribution < 1.29 is 4.79 Å². The van der Waals surface area contributed by atoms with Gasteiger partial charge in [-0.25, -0.2) is 0 Å². The molecule has 0 saturated heterocycles. The molecule has 0 saturated carbocycles. The maximum Gasteiger partial charge on any atom is 0.132 e. The average molecular weight is 222 g/mol. The molecule has 0 aromatic carbocycles. The standard InChI is InChI=1S/C15H26O/c16-15-13-11-9-7-5-3-1-2-4-6-8-10-12-14-15/h1-2H,3-14H2.